The van der Waals surface area contributed by atoms with Gasteiger partial charge in [-0.05, 0) is 45.7 Å². The first kappa shape index (κ1) is 18.8. The summed E-state index contributed by atoms with van der Waals surface area (Å²) < 4.78 is 26.4. The van der Waals surface area contributed by atoms with E-state index in [0.717, 1.165) is 0 Å². The third-order valence-electron chi connectivity index (χ3n) is 4.02. The molecule has 1 aliphatic heterocycles. The smallest absolute Gasteiger partial charge is 0.410 e. The number of carbonyl (C=O) groups excluding carboxylic acids is 1. The Morgan fingerprint density at radius 3 is 2.93 bits per heavy atom. The predicted octanol–water partition coefficient (Wildman–Crippen LogP) is 3.20. The van der Waals surface area contributed by atoms with Gasteiger partial charge in [0.05, 0.1) is 6.54 Å². The molecule has 1 atom stereocenters. The first-order valence-electron chi connectivity index (χ1n) is 8.57. The first-order valence-corrected chi connectivity index (χ1v) is 8.57. The summed E-state index contributed by atoms with van der Waals surface area (Å²) in [5, 5.41) is 16.7. The van der Waals surface area contributed by atoms with Crippen molar-refractivity contribution in [2.75, 3.05) is 13.1 Å². The van der Waals surface area contributed by atoms with Crippen molar-refractivity contribution in [3.63, 3.8) is 0 Å². The molecule has 1 aliphatic rings. The van der Waals surface area contributed by atoms with Crippen molar-refractivity contribution in [2.45, 2.75) is 44.9 Å². The Bertz CT molecular complexity index is 886. The molecule has 0 bridgehead atoms. The summed E-state index contributed by atoms with van der Waals surface area (Å²) in [6.45, 7) is 5.45. The number of halogens is 1. The number of aromatic nitrogens is 3. The summed E-state index contributed by atoms with van der Waals surface area (Å²) in [4.78, 5) is 17.5. The largest absolute Gasteiger partial charge is 0.444 e. The van der Waals surface area contributed by atoms with Crippen LogP contribution in [0.1, 0.15) is 45.2 Å². The van der Waals surface area contributed by atoms with Crippen molar-refractivity contribution in [3.8, 4) is 17.5 Å². The Kier molecular flexibility index (Phi) is 4.83. The van der Waals surface area contributed by atoms with Crippen LogP contribution in [0.5, 0.6) is 0 Å². The van der Waals surface area contributed by atoms with Crippen LogP contribution in [0.15, 0.2) is 22.7 Å². The van der Waals surface area contributed by atoms with Crippen molar-refractivity contribution >= 4 is 6.09 Å². The van der Waals surface area contributed by atoms with E-state index in [9.17, 15) is 4.79 Å². The highest BCUT2D eigenvalue weighted by atomic mass is 19.1. The SMILES string of the molecule is CC(C)(C)OC(=O)N1CCCC(F)(c2nnc(-c3ccnc(C#N)c3)o2)C1. The number of likely N-dealkylation sites (tertiary alicyclic amines) is 1. The number of nitrogens with zero attached hydrogens (tertiary/aromatic N) is 5. The monoisotopic (exact) mass is 373 g/mol. The molecule has 0 saturated carbocycles. The van der Waals surface area contributed by atoms with E-state index >= 15 is 4.39 Å². The molecule has 3 heterocycles. The van der Waals surface area contributed by atoms with Crippen LogP contribution < -0.4 is 0 Å². The van der Waals surface area contributed by atoms with E-state index in [1.165, 1.54) is 17.2 Å². The second kappa shape index (κ2) is 6.95. The normalized spacial score (nSPS) is 20.2. The van der Waals surface area contributed by atoms with Gasteiger partial charge in [0.15, 0.2) is 0 Å². The number of hydrogen-bond donors (Lipinski definition) is 0. The van der Waals surface area contributed by atoms with Gasteiger partial charge in [0.1, 0.15) is 17.4 Å². The van der Waals surface area contributed by atoms with E-state index in [1.807, 2.05) is 6.07 Å². The number of piperidine rings is 1. The summed E-state index contributed by atoms with van der Waals surface area (Å²) in [7, 11) is 0. The summed E-state index contributed by atoms with van der Waals surface area (Å²) in [6, 6.07) is 4.99. The quantitative estimate of drug-likeness (QED) is 0.796. The molecule has 1 fully saturated rings. The molecule has 142 valence electrons. The second-order valence-electron chi connectivity index (χ2n) is 7.42. The highest BCUT2D eigenvalue weighted by molar-refractivity contribution is 5.68. The number of rotatable bonds is 2. The lowest BCUT2D eigenvalue weighted by Crippen LogP contribution is -2.48. The Balaban J connectivity index is 1.80. The lowest BCUT2D eigenvalue weighted by atomic mass is 9.95. The van der Waals surface area contributed by atoms with Crippen LogP contribution in [0.2, 0.25) is 0 Å². The van der Waals surface area contributed by atoms with Crippen LogP contribution in [0.4, 0.5) is 9.18 Å². The maximum atomic E-state index is 15.5. The minimum Gasteiger partial charge on any atom is -0.444 e. The molecule has 0 aliphatic carbocycles. The Hall–Kier alpha value is -3.02. The molecule has 0 N–H and O–H groups in total. The van der Waals surface area contributed by atoms with E-state index in [4.69, 9.17) is 14.4 Å². The molecular weight excluding hydrogens is 353 g/mol. The van der Waals surface area contributed by atoms with E-state index in [-0.39, 0.29) is 30.4 Å². The van der Waals surface area contributed by atoms with Crippen LogP contribution in [0.25, 0.3) is 11.5 Å². The lowest BCUT2D eigenvalue weighted by molar-refractivity contribution is -0.0144. The van der Waals surface area contributed by atoms with Crippen LogP contribution in [0.3, 0.4) is 0 Å². The van der Waals surface area contributed by atoms with Gasteiger partial charge in [0, 0.05) is 18.3 Å². The van der Waals surface area contributed by atoms with E-state index < -0.39 is 17.4 Å². The van der Waals surface area contributed by atoms with Gasteiger partial charge in [-0.1, -0.05) is 0 Å². The number of amides is 1. The third-order valence-corrected chi connectivity index (χ3v) is 4.02. The number of ether oxygens (including phenoxy) is 1. The van der Waals surface area contributed by atoms with E-state index in [1.54, 1.807) is 26.8 Å². The van der Waals surface area contributed by atoms with Crippen molar-refractivity contribution < 1.29 is 18.3 Å². The molecule has 1 amide bonds. The summed E-state index contributed by atoms with van der Waals surface area (Å²) in [5.74, 6) is -0.101. The predicted molar refractivity (Wildman–Crippen MR) is 92.1 cm³/mol. The molecule has 8 nitrogen and oxygen atoms in total. The third kappa shape index (κ3) is 4.22. The zero-order valence-corrected chi connectivity index (χ0v) is 15.4. The summed E-state index contributed by atoms with van der Waals surface area (Å²) in [5.41, 5.74) is -1.95. The van der Waals surface area contributed by atoms with Crippen molar-refractivity contribution in [2.24, 2.45) is 0 Å². The fourth-order valence-corrected chi connectivity index (χ4v) is 2.81. The molecule has 9 heteroatoms. The minimum absolute atomic E-state index is 0.0929. The molecular formula is C18H20FN5O3. The number of nitriles is 1. The molecule has 1 saturated heterocycles. The number of carbonyl (C=O) groups is 1. The molecule has 1 unspecified atom stereocenters. The van der Waals surface area contributed by atoms with Gasteiger partial charge >= 0.3 is 6.09 Å². The van der Waals surface area contributed by atoms with Gasteiger partial charge in [-0.25, -0.2) is 14.2 Å². The molecule has 0 radical (unpaired) electrons. The van der Waals surface area contributed by atoms with Crippen LogP contribution >= 0.6 is 0 Å². The molecule has 3 rings (SSSR count). The number of alkyl halides is 1. The number of pyridine rings is 1. The van der Waals surface area contributed by atoms with Gasteiger partial charge in [-0.2, -0.15) is 5.26 Å². The summed E-state index contributed by atoms with van der Waals surface area (Å²) in [6.07, 6.45) is 1.47. The van der Waals surface area contributed by atoms with Crippen LogP contribution in [-0.2, 0) is 10.4 Å². The average molecular weight is 373 g/mol. The Morgan fingerprint density at radius 2 is 2.22 bits per heavy atom. The van der Waals surface area contributed by atoms with Gasteiger partial charge < -0.3 is 14.1 Å². The van der Waals surface area contributed by atoms with Gasteiger partial charge in [-0.3, -0.25) is 0 Å². The first-order chi connectivity index (χ1) is 12.7. The van der Waals surface area contributed by atoms with E-state index in [0.29, 0.717) is 18.5 Å². The van der Waals surface area contributed by atoms with E-state index in [2.05, 4.69) is 15.2 Å². The maximum Gasteiger partial charge on any atom is 0.410 e. The highest BCUT2D eigenvalue weighted by Crippen LogP contribution is 2.36. The Labute approximate surface area is 156 Å². The van der Waals surface area contributed by atoms with Gasteiger partial charge in [0.2, 0.25) is 11.6 Å². The topological polar surface area (TPSA) is 105 Å². The average Bonchev–Trinajstić information content (AvgIpc) is 3.11. The zero-order chi connectivity index (χ0) is 19.7. The second-order valence-corrected chi connectivity index (χ2v) is 7.42. The highest BCUT2D eigenvalue weighted by Gasteiger charge is 2.44. The maximum absolute atomic E-state index is 15.5. The Morgan fingerprint density at radius 1 is 1.44 bits per heavy atom. The lowest BCUT2D eigenvalue weighted by Gasteiger charge is -2.36. The number of hydrogen-bond acceptors (Lipinski definition) is 7. The fourth-order valence-electron chi connectivity index (χ4n) is 2.81. The van der Waals surface area contributed by atoms with Crippen LogP contribution in [-0.4, -0.2) is 44.9 Å². The van der Waals surface area contributed by atoms with Crippen molar-refractivity contribution in [3.05, 3.63) is 29.9 Å². The summed E-state index contributed by atoms with van der Waals surface area (Å²) >= 11 is 0. The molecule has 2 aromatic rings. The van der Waals surface area contributed by atoms with Gasteiger partial charge in [0.25, 0.3) is 5.89 Å². The van der Waals surface area contributed by atoms with Gasteiger partial charge in [-0.15, -0.1) is 10.2 Å². The molecule has 2 aromatic heterocycles. The van der Waals surface area contributed by atoms with Crippen molar-refractivity contribution in [1.29, 1.82) is 5.26 Å². The minimum atomic E-state index is -1.95. The van der Waals surface area contributed by atoms with Crippen LogP contribution in [0, 0.1) is 11.3 Å². The zero-order valence-electron chi connectivity index (χ0n) is 15.4. The van der Waals surface area contributed by atoms with Crippen molar-refractivity contribution in [1.82, 2.24) is 20.1 Å². The molecule has 0 aromatic carbocycles. The fraction of sp³-hybridized carbons (Fsp3) is 0.500. The molecule has 0 spiro atoms. The molecule has 27 heavy (non-hydrogen) atoms. The standard InChI is InChI=1S/C18H20FN5O3/c1-17(2,3)27-16(25)24-8-4-6-18(19,11-24)15-23-22-14(26-15)12-5-7-21-13(9-12)10-20/h5,7,9H,4,6,8,11H2,1-3H3.